The molecule has 0 aliphatic rings. The van der Waals surface area contributed by atoms with Crippen molar-refractivity contribution in [1.82, 2.24) is 0 Å². The van der Waals surface area contributed by atoms with Gasteiger partial charge in [-0.15, -0.1) is 0 Å². The Bertz CT molecular complexity index is 846. The lowest BCUT2D eigenvalue weighted by Crippen LogP contribution is -3.00. The SMILES string of the molecule is COc1ccc(C)cc1C(=O)C[n+]1ccc2ccccc2c1.[I-]. The molecule has 1 aromatic heterocycles. The fourth-order valence-electron chi connectivity index (χ4n) is 2.57. The van der Waals surface area contributed by atoms with Gasteiger partial charge in [-0.2, -0.15) is 4.57 Å². The van der Waals surface area contributed by atoms with Crippen LogP contribution in [0.3, 0.4) is 0 Å². The van der Waals surface area contributed by atoms with Gasteiger partial charge in [0.05, 0.1) is 12.7 Å². The van der Waals surface area contributed by atoms with Crippen LogP contribution in [0.25, 0.3) is 10.8 Å². The topological polar surface area (TPSA) is 30.2 Å². The van der Waals surface area contributed by atoms with Crippen LogP contribution in [0.1, 0.15) is 15.9 Å². The molecular weight excluding hydrogens is 401 g/mol. The van der Waals surface area contributed by atoms with Crippen molar-refractivity contribution < 1.29 is 38.1 Å². The molecule has 0 atom stereocenters. The van der Waals surface area contributed by atoms with Gasteiger partial charge >= 0.3 is 0 Å². The minimum atomic E-state index is 0. The van der Waals surface area contributed by atoms with Crippen molar-refractivity contribution in [1.29, 1.82) is 0 Å². The van der Waals surface area contributed by atoms with Crippen LogP contribution in [0, 0.1) is 6.92 Å². The molecule has 0 unspecified atom stereocenters. The van der Waals surface area contributed by atoms with E-state index in [-0.39, 0.29) is 29.8 Å². The minimum Gasteiger partial charge on any atom is -1.00 e. The van der Waals surface area contributed by atoms with Crippen molar-refractivity contribution in [2.24, 2.45) is 0 Å². The number of ketones is 1. The Morgan fingerprint density at radius 3 is 2.57 bits per heavy atom. The first-order chi connectivity index (χ1) is 10.7. The summed E-state index contributed by atoms with van der Waals surface area (Å²) in [5.41, 5.74) is 1.68. The first kappa shape index (κ1) is 17.4. The normalized spacial score (nSPS) is 10.2. The van der Waals surface area contributed by atoms with Crippen LogP contribution in [-0.4, -0.2) is 12.9 Å². The summed E-state index contributed by atoms with van der Waals surface area (Å²) in [7, 11) is 1.59. The highest BCUT2D eigenvalue weighted by atomic mass is 127. The number of rotatable bonds is 4. The molecule has 3 nitrogen and oxygen atoms in total. The van der Waals surface area contributed by atoms with Crippen LogP contribution in [0.4, 0.5) is 0 Å². The van der Waals surface area contributed by atoms with Gasteiger partial charge in [0.15, 0.2) is 12.4 Å². The summed E-state index contributed by atoms with van der Waals surface area (Å²) in [5.74, 6) is 0.665. The van der Waals surface area contributed by atoms with E-state index in [2.05, 4.69) is 6.07 Å². The van der Waals surface area contributed by atoms with Gasteiger partial charge in [0.1, 0.15) is 5.75 Å². The quantitative estimate of drug-likeness (QED) is 0.347. The number of benzene rings is 2. The number of Topliss-reactive ketones (excluding diaryl/α,β-unsaturated/α-hetero) is 1. The molecule has 2 aromatic carbocycles. The largest absolute Gasteiger partial charge is 1.00 e. The molecule has 4 heteroatoms. The number of hydrogen-bond donors (Lipinski definition) is 0. The highest BCUT2D eigenvalue weighted by Crippen LogP contribution is 2.20. The number of fused-ring (bicyclic) bond motifs is 1. The third-order valence-corrected chi connectivity index (χ3v) is 3.73. The van der Waals surface area contributed by atoms with Gasteiger partial charge in [-0.1, -0.05) is 29.8 Å². The monoisotopic (exact) mass is 419 g/mol. The molecule has 0 saturated carbocycles. The average molecular weight is 419 g/mol. The van der Waals surface area contributed by atoms with Gasteiger partial charge in [-0.05, 0) is 30.5 Å². The summed E-state index contributed by atoms with van der Waals surface area (Å²) in [4.78, 5) is 12.6. The lowest BCUT2D eigenvalue weighted by atomic mass is 10.1. The minimum absolute atomic E-state index is 0. The van der Waals surface area contributed by atoms with E-state index in [1.165, 1.54) is 5.39 Å². The molecule has 0 amide bonds. The van der Waals surface area contributed by atoms with Crippen LogP contribution < -0.4 is 33.3 Å². The highest BCUT2D eigenvalue weighted by Gasteiger charge is 2.17. The smallest absolute Gasteiger partial charge is 0.231 e. The number of nitrogens with zero attached hydrogens (tertiary/aromatic N) is 1. The number of carbonyl (C=O) groups is 1. The van der Waals surface area contributed by atoms with Crippen molar-refractivity contribution in [3.8, 4) is 5.75 Å². The summed E-state index contributed by atoms with van der Waals surface area (Å²) < 4.78 is 7.21. The lowest BCUT2D eigenvalue weighted by Gasteiger charge is -2.07. The molecule has 1 heterocycles. The van der Waals surface area contributed by atoms with Gasteiger partial charge in [0.2, 0.25) is 12.3 Å². The summed E-state index contributed by atoms with van der Waals surface area (Å²) in [6.45, 7) is 2.27. The molecule has 0 aliphatic carbocycles. The number of ether oxygens (including phenoxy) is 1. The number of aromatic nitrogens is 1. The molecule has 3 rings (SSSR count). The van der Waals surface area contributed by atoms with Gasteiger partial charge in [0.25, 0.3) is 0 Å². The fraction of sp³-hybridized carbons (Fsp3) is 0.158. The maximum absolute atomic E-state index is 12.6. The van der Waals surface area contributed by atoms with Crippen molar-refractivity contribution in [2.45, 2.75) is 13.5 Å². The Morgan fingerprint density at radius 2 is 1.83 bits per heavy atom. The van der Waals surface area contributed by atoms with Crippen LogP contribution in [0.5, 0.6) is 5.75 Å². The second kappa shape index (κ2) is 7.55. The Labute approximate surface area is 152 Å². The Morgan fingerprint density at radius 1 is 1.09 bits per heavy atom. The molecule has 0 N–H and O–H groups in total. The molecule has 118 valence electrons. The molecule has 0 fully saturated rings. The van der Waals surface area contributed by atoms with Crippen LogP contribution in [0.15, 0.2) is 60.9 Å². The van der Waals surface area contributed by atoms with Crippen molar-refractivity contribution in [3.63, 3.8) is 0 Å². The zero-order valence-electron chi connectivity index (χ0n) is 13.1. The molecular formula is C19H18INO2. The van der Waals surface area contributed by atoms with E-state index in [4.69, 9.17) is 4.74 Å². The number of hydrogen-bond acceptors (Lipinski definition) is 2. The second-order valence-corrected chi connectivity index (χ2v) is 5.37. The van der Waals surface area contributed by atoms with Crippen LogP contribution >= 0.6 is 0 Å². The van der Waals surface area contributed by atoms with E-state index in [1.54, 1.807) is 7.11 Å². The van der Waals surface area contributed by atoms with E-state index in [9.17, 15) is 4.79 Å². The van der Waals surface area contributed by atoms with Crippen molar-refractivity contribution in [2.75, 3.05) is 7.11 Å². The number of methoxy groups -OCH3 is 1. The Balaban J connectivity index is 0.00000192. The average Bonchev–Trinajstić information content (AvgIpc) is 2.54. The van der Waals surface area contributed by atoms with Crippen molar-refractivity contribution in [3.05, 3.63) is 72.1 Å². The standard InChI is InChI=1S/C19H18NO2.HI/c1-14-7-8-19(22-2)17(11-14)18(21)13-20-10-9-15-5-3-4-6-16(15)12-20;/h3-12H,13H2,1-2H3;1H/q+1;/p-1. The maximum Gasteiger partial charge on any atom is 0.231 e. The molecule has 23 heavy (non-hydrogen) atoms. The van der Waals surface area contributed by atoms with Gasteiger partial charge in [-0.25, -0.2) is 0 Å². The summed E-state index contributed by atoms with van der Waals surface area (Å²) in [6.07, 6.45) is 3.93. The van der Waals surface area contributed by atoms with E-state index in [0.717, 1.165) is 10.9 Å². The number of halogens is 1. The predicted molar refractivity (Wildman–Crippen MR) is 86.2 cm³/mol. The summed E-state index contributed by atoms with van der Waals surface area (Å²) in [6, 6.07) is 15.8. The Hall–Kier alpha value is -1.95. The Kier molecular flexibility index (Phi) is 5.71. The molecule has 3 aromatic rings. The van der Waals surface area contributed by atoms with E-state index < -0.39 is 0 Å². The lowest BCUT2D eigenvalue weighted by molar-refractivity contribution is -0.681. The number of aryl methyl sites for hydroxylation is 1. The van der Waals surface area contributed by atoms with E-state index >= 15 is 0 Å². The molecule has 0 bridgehead atoms. The van der Waals surface area contributed by atoms with E-state index in [0.29, 0.717) is 17.9 Å². The number of pyridine rings is 1. The zero-order chi connectivity index (χ0) is 15.5. The van der Waals surface area contributed by atoms with Gasteiger partial charge in [0, 0.05) is 11.5 Å². The molecule has 0 saturated heterocycles. The highest BCUT2D eigenvalue weighted by molar-refractivity contribution is 5.98. The maximum atomic E-state index is 12.6. The molecule has 0 radical (unpaired) electrons. The third kappa shape index (κ3) is 3.88. The predicted octanol–water partition coefficient (Wildman–Crippen LogP) is 0.331. The van der Waals surface area contributed by atoms with Crippen molar-refractivity contribution >= 4 is 16.6 Å². The number of carbonyl (C=O) groups excluding carboxylic acids is 1. The molecule has 0 aliphatic heterocycles. The first-order valence-electron chi connectivity index (χ1n) is 7.23. The zero-order valence-corrected chi connectivity index (χ0v) is 15.3. The second-order valence-electron chi connectivity index (χ2n) is 5.37. The van der Waals surface area contributed by atoms with Crippen LogP contribution in [0.2, 0.25) is 0 Å². The van der Waals surface area contributed by atoms with E-state index in [1.807, 2.05) is 66.3 Å². The van der Waals surface area contributed by atoms with Gasteiger partial charge < -0.3 is 28.7 Å². The fourth-order valence-corrected chi connectivity index (χ4v) is 2.57. The summed E-state index contributed by atoms with van der Waals surface area (Å²) >= 11 is 0. The van der Waals surface area contributed by atoms with Gasteiger partial charge in [-0.3, -0.25) is 4.79 Å². The first-order valence-corrected chi connectivity index (χ1v) is 7.23. The third-order valence-electron chi connectivity index (χ3n) is 3.73. The van der Waals surface area contributed by atoms with Crippen LogP contribution in [-0.2, 0) is 6.54 Å². The summed E-state index contributed by atoms with van der Waals surface area (Å²) in [5, 5.41) is 2.29. The molecule has 0 spiro atoms.